The van der Waals surface area contributed by atoms with E-state index in [4.69, 9.17) is 5.73 Å². The summed E-state index contributed by atoms with van der Waals surface area (Å²) in [6.07, 6.45) is 2.94. The van der Waals surface area contributed by atoms with Crippen molar-refractivity contribution >= 4 is 5.91 Å². The zero-order chi connectivity index (χ0) is 12.3. The van der Waals surface area contributed by atoms with Crippen molar-refractivity contribution in [3.63, 3.8) is 0 Å². The summed E-state index contributed by atoms with van der Waals surface area (Å²) >= 11 is 0. The molecular weight excluding hydrogens is 200 g/mol. The third-order valence-electron chi connectivity index (χ3n) is 3.58. The fourth-order valence-corrected chi connectivity index (χ4v) is 2.87. The minimum atomic E-state index is 0.154. The molecule has 0 aromatic rings. The average molecular weight is 226 g/mol. The average Bonchev–Trinajstić information content (AvgIpc) is 2.16. The van der Waals surface area contributed by atoms with Crippen LogP contribution in [0.3, 0.4) is 0 Å². The largest absolute Gasteiger partial charge is 0.340 e. The van der Waals surface area contributed by atoms with Crippen molar-refractivity contribution in [1.29, 1.82) is 0 Å². The second kappa shape index (κ2) is 5.67. The van der Waals surface area contributed by atoms with Crippen LogP contribution in [-0.2, 0) is 4.79 Å². The van der Waals surface area contributed by atoms with Crippen LogP contribution in [0.5, 0.6) is 0 Å². The van der Waals surface area contributed by atoms with Crippen LogP contribution in [0, 0.1) is 11.8 Å². The van der Waals surface area contributed by atoms with Crippen LogP contribution in [0.1, 0.15) is 47.0 Å². The van der Waals surface area contributed by atoms with Crippen molar-refractivity contribution < 1.29 is 4.79 Å². The topological polar surface area (TPSA) is 46.3 Å². The molecule has 1 amide bonds. The van der Waals surface area contributed by atoms with Gasteiger partial charge in [-0.05, 0) is 46.0 Å². The number of rotatable bonds is 3. The van der Waals surface area contributed by atoms with E-state index in [2.05, 4.69) is 20.8 Å². The van der Waals surface area contributed by atoms with E-state index in [9.17, 15) is 4.79 Å². The summed E-state index contributed by atoms with van der Waals surface area (Å²) in [4.78, 5) is 14.3. The lowest BCUT2D eigenvalue weighted by Gasteiger charge is -2.35. The van der Waals surface area contributed by atoms with Gasteiger partial charge in [0.1, 0.15) is 0 Å². The normalized spacial score (nSPS) is 30.5. The van der Waals surface area contributed by atoms with Crippen molar-refractivity contribution in [3.8, 4) is 0 Å². The molecule has 0 aromatic heterocycles. The molecule has 94 valence electrons. The zero-order valence-corrected chi connectivity index (χ0v) is 11.1. The number of nitrogens with two attached hydrogens (primary N) is 1. The Kier molecular flexibility index (Phi) is 4.78. The Morgan fingerprint density at radius 1 is 1.38 bits per heavy atom. The van der Waals surface area contributed by atoms with Crippen molar-refractivity contribution in [1.82, 2.24) is 4.90 Å². The van der Waals surface area contributed by atoms with Crippen LogP contribution in [0.2, 0.25) is 0 Å². The molecular formula is C13H26N2O. The highest BCUT2D eigenvalue weighted by atomic mass is 16.2. The first-order valence-corrected chi connectivity index (χ1v) is 6.51. The molecule has 3 nitrogen and oxygen atoms in total. The Bertz CT molecular complexity index is 230. The Morgan fingerprint density at radius 2 is 2.00 bits per heavy atom. The molecule has 0 spiro atoms. The smallest absolute Gasteiger partial charge is 0.225 e. The van der Waals surface area contributed by atoms with Gasteiger partial charge >= 0.3 is 0 Å². The van der Waals surface area contributed by atoms with Gasteiger partial charge in [-0.15, -0.1) is 0 Å². The minimum absolute atomic E-state index is 0.154. The van der Waals surface area contributed by atoms with Crippen LogP contribution in [-0.4, -0.2) is 29.4 Å². The van der Waals surface area contributed by atoms with E-state index in [0.29, 0.717) is 17.9 Å². The number of carbonyl (C=O) groups is 1. The molecule has 3 unspecified atom stereocenters. The predicted molar refractivity (Wildman–Crippen MR) is 67.0 cm³/mol. The number of hydrogen-bond donors (Lipinski definition) is 1. The molecule has 0 aromatic carbocycles. The number of carbonyl (C=O) groups excluding carboxylic acids is 1. The number of hydrogen-bond acceptors (Lipinski definition) is 2. The fraction of sp³-hybridized carbons (Fsp3) is 0.923. The third kappa shape index (κ3) is 3.21. The van der Waals surface area contributed by atoms with Gasteiger partial charge < -0.3 is 10.6 Å². The second-order valence-corrected chi connectivity index (χ2v) is 5.49. The number of nitrogens with zero attached hydrogens (tertiary/aromatic N) is 1. The third-order valence-corrected chi connectivity index (χ3v) is 3.58. The molecule has 16 heavy (non-hydrogen) atoms. The highest BCUT2D eigenvalue weighted by Crippen LogP contribution is 2.29. The van der Waals surface area contributed by atoms with Crippen LogP contribution in [0.25, 0.3) is 0 Å². The first kappa shape index (κ1) is 13.5. The zero-order valence-electron chi connectivity index (χ0n) is 11.1. The van der Waals surface area contributed by atoms with Crippen LogP contribution < -0.4 is 5.73 Å². The van der Waals surface area contributed by atoms with E-state index >= 15 is 0 Å². The van der Waals surface area contributed by atoms with Gasteiger partial charge in [0.25, 0.3) is 0 Å². The number of amides is 1. The first-order valence-electron chi connectivity index (χ1n) is 6.51. The van der Waals surface area contributed by atoms with Gasteiger partial charge in [0, 0.05) is 24.5 Å². The van der Waals surface area contributed by atoms with E-state index in [1.165, 1.54) is 0 Å². The van der Waals surface area contributed by atoms with Gasteiger partial charge in [0.05, 0.1) is 0 Å². The molecule has 1 rings (SSSR count). The van der Waals surface area contributed by atoms with Crippen molar-refractivity contribution in [2.45, 2.75) is 59.0 Å². The quantitative estimate of drug-likeness (QED) is 0.800. The van der Waals surface area contributed by atoms with E-state index < -0.39 is 0 Å². The Hall–Kier alpha value is -0.570. The SMILES string of the molecule is CCN(C(=O)C1CC(C)CC(N)C1)C(C)C. The Balaban J connectivity index is 2.65. The molecule has 1 saturated carbocycles. The highest BCUT2D eigenvalue weighted by Gasteiger charge is 2.32. The molecule has 2 N–H and O–H groups in total. The standard InChI is InChI=1S/C13H26N2O/c1-5-15(9(2)3)13(16)11-6-10(4)7-12(14)8-11/h9-12H,5-8,14H2,1-4H3. The van der Waals surface area contributed by atoms with E-state index in [-0.39, 0.29) is 12.0 Å². The maximum absolute atomic E-state index is 12.3. The summed E-state index contributed by atoms with van der Waals surface area (Å²) < 4.78 is 0. The lowest BCUT2D eigenvalue weighted by atomic mass is 9.79. The molecule has 1 fully saturated rings. The molecule has 0 heterocycles. The molecule has 1 aliphatic carbocycles. The van der Waals surface area contributed by atoms with Gasteiger partial charge in [0.15, 0.2) is 0 Å². The monoisotopic (exact) mass is 226 g/mol. The lowest BCUT2D eigenvalue weighted by molar-refractivity contribution is -0.138. The van der Waals surface area contributed by atoms with Gasteiger partial charge in [-0.25, -0.2) is 0 Å². The van der Waals surface area contributed by atoms with Crippen molar-refractivity contribution in [3.05, 3.63) is 0 Å². The first-order chi connectivity index (χ1) is 7.45. The van der Waals surface area contributed by atoms with Gasteiger partial charge in [-0.3, -0.25) is 4.79 Å². The maximum atomic E-state index is 12.3. The fourth-order valence-electron chi connectivity index (χ4n) is 2.87. The summed E-state index contributed by atoms with van der Waals surface area (Å²) in [6, 6.07) is 0.509. The summed E-state index contributed by atoms with van der Waals surface area (Å²) in [6.45, 7) is 9.20. The van der Waals surface area contributed by atoms with E-state index in [0.717, 1.165) is 25.8 Å². The predicted octanol–water partition coefficient (Wildman–Crippen LogP) is 2.01. The molecule has 0 bridgehead atoms. The van der Waals surface area contributed by atoms with E-state index in [1.54, 1.807) is 0 Å². The summed E-state index contributed by atoms with van der Waals surface area (Å²) in [5.41, 5.74) is 6.00. The van der Waals surface area contributed by atoms with E-state index in [1.807, 2.05) is 11.8 Å². The van der Waals surface area contributed by atoms with Crippen molar-refractivity contribution in [2.75, 3.05) is 6.54 Å². The van der Waals surface area contributed by atoms with Crippen molar-refractivity contribution in [2.24, 2.45) is 17.6 Å². The molecule has 0 aliphatic heterocycles. The molecule has 1 aliphatic rings. The lowest BCUT2D eigenvalue weighted by Crippen LogP contribution is -2.45. The molecule has 0 radical (unpaired) electrons. The molecule has 3 heteroatoms. The second-order valence-electron chi connectivity index (χ2n) is 5.49. The maximum Gasteiger partial charge on any atom is 0.225 e. The molecule has 0 saturated heterocycles. The Morgan fingerprint density at radius 3 is 2.44 bits per heavy atom. The van der Waals surface area contributed by atoms with Gasteiger partial charge in [-0.2, -0.15) is 0 Å². The minimum Gasteiger partial charge on any atom is -0.340 e. The Labute approximate surface area is 99.4 Å². The molecule has 3 atom stereocenters. The van der Waals surface area contributed by atoms with Gasteiger partial charge in [0.2, 0.25) is 5.91 Å². The van der Waals surface area contributed by atoms with Gasteiger partial charge in [-0.1, -0.05) is 6.92 Å². The summed E-state index contributed by atoms with van der Waals surface area (Å²) in [5.74, 6) is 1.05. The summed E-state index contributed by atoms with van der Waals surface area (Å²) in [5, 5.41) is 0. The van der Waals surface area contributed by atoms with Crippen LogP contribution in [0.15, 0.2) is 0 Å². The highest BCUT2D eigenvalue weighted by molar-refractivity contribution is 5.79. The summed E-state index contributed by atoms with van der Waals surface area (Å²) in [7, 11) is 0. The van der Waals surface area contributed by atoms with Crippen LogP contribution >= 0.6 is 0 Å². The van der Waals surface area contributed by atoms with Crippen LogP contribution in [0.4, 0.5) is 0 Å².